The minimum atomic E-state index is -0.444. The molecule has 1 aromatic carbocycles. The molecule has 1 saturated heterocycles. The molecule has 5 rings (SSSR count). The van der Waals surface area contributed by atoms with Crippen molar-refractivity contribution in [3.8, 4) is 11.5 Å². The molecule has 3 N–H and O–H groups in total. The van der Waals surface area contributed by atoms with Crippen molar-refractivity contribution in [3.63, 3.8) is 0 Å². The number of fused-ring (bicyclic) bond motifs is 2. The van der Waals surface area contributed by atoms with Crippen molar-refractivity contribution < 1.29 is 9.21 Å². The molecule has 3 aromatic heterocycles. The van der Waals surface area contributed by atoms with Crippen LogP contribution in [0.2, 0.25) is 5.02 Å². The summed E-state index contributed by atoms with van der Waals surface area (Å²) in [6, 6.07) is 5.22. The van der Waals surface area contributed by atoms with Crippen LogP contribution in [0.15, 0.2) is 40.1 Å². The van der Waals surface area contributed by atoms with Gasteiger partial charge in [-0.25, -0.2) is 5.10 Å². The number of carbonyl (C=O) groups is 1. The summed E-state index contributed by atoms with van der Waals surface area (Å²) >= 11 is 6.20. The third-order valence-corrected chi connectivity index (χ3v) is 6.24. The first-order valence-corrected chi connectivity index (χ1v) is 10.6. The van der Waals surface area contributed by atoms with Gasteiger partial charge in [-0.05, 0) is 44.0 Å². The molecule has 4 heterocycles. The fourth-order valence-corrected chi connectivity index (χ4v) is 4.61. The highest BCUT2D eigenvalue weighted by molar-refractivity contribution is 6.31. The second kappa shape index (κ2) is 7.52. The van der Waals surface area contributed by atoms with E-state index >= 15 is 0 Å². The van der Waals surface area contributed by atoms with Crippen molar-refractivity contribution in [2.45, 2.75) is 25.8 Å². The molecule has 10 heteroatoms. The Morgan fingerprint density at radius 1 is 1.44 bits per heavy atom. The highest BCUT2D eigenvalue weighted by atomic mass is 35.5. The number of furan rings is 1. The standard InChI is InChI=1S/C22H21ClN6O3/c1-3-16(30)28-8-4-5-13(10-28)29-19(17-18(27-29)22(31)26-25-21(17)24)20-11(2)14-9-12(23)6-7-15(14)32-20/h3,6-7,9,13H,1,4-5,8,10H2,2H3,(H2,24,25)(H,26,31). The molecule has 0 saturated carbocycles. The van der Waals surface area contributed by atoms with E-state index in [0.29, 0.717) is 40.5 Å². The van der Waals surface area contributed by atoms with Gasteiger partial charge in [-0.3, -0.25) is 14.3 Å². The van der Waals surface area contributed by atoms with Crippen molar-refractivity contribution in [2.75, 3.05) is 18.8 Å². The lowest BCUT2D eigenvalue weighted by atomic mass is 10.0. The summed E-state index contributed by atoms with van der Waals surface area (Å²) in [4.78, 5) is 26.5. The van der Waals surface area contributed by atoms with Crippen LogP contribution in [0.3, 0.4) is 0 Å². The van der Waals surface area contributed by atoms with Crippen LogP contribution in [0.25, 0.3) is 33.3 Å². The van der Waals surface area contributed by atoms with Crippen LogP contribution in [-0.2, 0) is 4.79 Å². The highest BCUT2D eigenvalue weighted by Crippen LogP contribution is 2.40. The summed E-state index contributed by atoms with van der Waals surface area (Å²) in [5.74, 6) is 0.547. The maximum absolute atomic E-state index is 12.6. The lowest BCUT2D eigenvalue weighted by Crippen LogP contribution is -2.40. The second-order valence-electron chi connectivity index (χ2n) is 7.94. The minimum absolute atomic E-state index is 0.137. The Hall–Kier alpha value is -3.59. The van der Waals surface area contributed by atoms with Gasteiger partial charge in [0.25, 0.3) is 5.56 Å². The molecule has 0 aliphatic carbocycles. The number of nitrogens with two attached hydrogens (primary N) is 1. The van der Waals surface area contributed by atoms with Gasteiger partial charge in [0.05, 0.1) is 11.4 Å². The number of likely N-dealkylation sites (tertiary alicyclic amines) is 1. The Morgan fingerprint density at radius 3 is 3.03 bits per heavy atom. The van der Waals surface area contributed by atoms with Gasteiger partial charge in [0.1, 0.15) is 11.3 Å². The molecule has 1 aliphatic heterocycles. The SMILES string of the molecule is C=CC(=O)N1CCCC(n2nc3c(=O)[nH]nc(N)c3c2-c2oc3ccc(Cl)cc3c2C)C1. The summed E-state index contributed by atoms with van der Waals surface area (Å²) in [7, 11) is 0. The van der Waals surface area contributed by atoms with Gasteiger partial charge in [-0.2, -0.15) is 10.2 Å². The first-order chi connectivity index (χ1) is 15.4. The number of rotatable bonds is 3. The number of aromatic nitrogens is 4. The number of halogens is 1. The van der Waals surface area contributed by atoms with Gasteiger partial charge in [0.15, 0.2) is 17.1 Å². The molecule has 1 atom stereocenters. The maximum atomic E-state index is 12.6. The fourth-order valence-electron chi connectivity index (χ4n) is 4.44. The Morgan fingerprint density at radius 2 is 2.25 bits per heavy atom. The number of hydrogen-bond donors (Lipinski definition) is 2. The van der Waals surface area contributed by atoms with Crippen LogP contribution in [0.1, 0.15) is 24.4 Å². The minimum Gasteiger partial charge on any atom is -0.454 e. The van der Waals surface area contributed by atoms with Gasteiger partial charge in [0.2, 0.25) is 5.91 Å². The van der Waals surface area contributed by atoms with Crippen molar-refractivity contribution >= 4 is 45.2 Å². The van der Waals surface area contributed by atoms with Crippen LogP contribution < -0.4 is 11.3 Å². The zero-order chi connectivity index (χ0) is 22.6. The Labute approximate surface area is 187 Å². The average Bonchev–Trinajstić information content (AvgIpc) is 3.35. The Bertz CT molecular complexity index is 1450. The molecule has 164 valence electrons. The van der Waals surface area contributed by atoms with E-state index in [1.807, 2.05) is 13.0 Å². The second-order valence-corrected chi connectivity index (χ2v) is 8.37. The normalized spacial score (nSPS) is 16.7. The quantitative estimate of drug-likeness (QED) is 0.459. The molecule has 9 nitrogen and oxygen atoms in total. The van der Waals surface area contributed by atoms with Crippen LogP contribution >= 0.6 is 11.6 Å². The van der Waals surface area contributed by atoms with Crippen molar-refractivity contribution in [3.05, 3.63) is 51.8 Å². The van der Waals surface area contributed by atoms with Gasteiger partial charge in [0, 0.05) is 29.1 Å². The Kier molecular flexibility index (Phi) is 4.78. The largest absolute Gasteiger partial charge is 0.454 e. The van der Waals surface area contributed by atoms with Crippen molar-refractivity contribution in [1.82, 2.24) is 24.9 Å². The number of nitrogens with zero attached hydrogens (tertiary/aromatic N) is 4. The summed E-state index contributed by atoms with van der Waals surface area (Å²) in [6.45, 7) is 6.59. The topological polar surface area (TPSA) is 123 Å². The maximum Gasteiger partial charge on any atom is 0.292 e. The third-order valence-electron chi connectivity index (χ3n) is 6.00. The summed E-state index contributed by atoms with van der Waals surface area (Å²) in [6.07, 6.45) is 2.87. The molecule has 1 aliphatic rings. The van der Waals surface area contributed by atoms with Gasteiger partial charge in [-0.15, -0.1) is 0 Å². The molecule has 1 fully saturated rings. The van der Waals surface area contributed by atoms with Gasteiger partial charge < -0.3 is 15.1 Å². The number of nitrogens with one attached hydrogen (secondary N) is 1. The first kappa shape index (κ1) is 20.3. The third kappa shape index (κ3) is 3.08. The van der Waals surface area contributed by atoms with E-state index in [9.17, 15) is 9.59 Å². The van der Waals surface area contributed by atoms with Crippen molar-refractivity contribution in [2.24, 2.45) is 0 Å². The molecule has 0 spiro atoms. The molecular weight excluding hydrogens is 432 g/mol. The van der Waals surface area contributed by atoms with E-state index in [1.165, 1.54) is 6.08 Å². The van der Waals surface area contributed by atoms with Crippen LogP contribution in [0.4, 0.5) is 5.82 Å². The predicted octanol–water partition coefficient (Wildman–Crippen LogP) is 3.43. The van der Waals surface area contributed by atoms with Crippen LogP contribution in [0.5, 0.6) is 0 Å². The summed E-state index contributed by atoms with van der Waals surface area (Å²) in [5, 5.41) is 12.8. The smallest absolute Gasteiger partial charge is 0.292 e. The van der Waals surface area contributed by atoms with E-state index in [4.69, 9.17) is 21.8 Å². The van der Waals surface area contributed by atoms with E-state index in [1.54, 1.807) is 21.7 Å². The zero-order valence-corrected chi connectivity index (χ0v) is 18.1. The predicted molar refractivity (Wildman–Crippen MR) is 123 cm³/mol. The van der Waals surface area contributed by atoms with Gasteiger partial charge >= 0.3 is 0 Å². The lowest BCUT2D eigenvalue weighted by Gasteiger charge is -2.32. The lowest BCUT2D eigenvalue weighted by molar-refractivity contribution is -0.127. The monoisotopic (exact) mass is 452 g/mol. The van der Waals surface area contributed by atoms with Crippen LogP contribution in [0, 0.1) is 6.92 Å². The number of anilines is 1. The average molecular weight is 453 g/mol. The molecule has 32 heavy (non-hydrogen) atoms. The molecular formula is C22H21ClN6O3. The zero-order valence-electron chi connectivity index (χ0n) is 17.4. The van der Waals surface area contributed by atoms with Crippen LogP contribution in [-0.4, -0.2) is 43.9 Å². The number of amides is 1. The number of hydrogen-bond acceptors (Lipinski definition) is 6. The Balaban J connectivity index is 1.78. The van der Waals surface area contributed by atoms with E-state index in [-0.39, 0.29) is 23.3 Å². The number of carbonyl (C=O) groups excluding carboxylic acids is 1. The summed E-state index contributed by atoms with van der Waals surface area (Å²) < 4.78 is 7.97. The fraction of sp³-hybridized carbons (Fsp3) is 0.273. The van der Waals surface area contributed by atoms with Gasteiger partial charge in [-0.1, -0.05) is 18.2 Å². The molecule has 4 aromatic rings. The number of benzene rings is 1. The number of nitrogen functional groups attached to an aromatic ring is 1. The van der Waals surface area contributed by atoms with E-state index < -0.39 is 5.56 Å². The molecule has 1 amide bonds. The van der Waals surface area contributed by atoms with Crippen molar-refractivity contribution in [1.29, 1.82) is 0 Å². The number of aryl methyl sites for hydroxylation is 1. The van der Waals surface area contributed by atoms with E-state index in [0.717, 1.165) is 23.8 Å². The molecule has 0 radical (unpaired) electrons. The first-order valence-electron chi connectivity index (χ1n) is 10.3. The molecule has 0 bridgehead atoms. The highest BCUT2D eigenvalue weighted by Gasteiger charge is 2.31. The number of H-pyrrole nitrogens is 1. The number of aromatic amines is 1. The summed E-state index contributed by atoms with van der Waals surface area (Å²) in [5.41, 5.74) is 8.01. The van der Waals surface area contributed by atoms with E-state index in [2.05, 4.69) is 21.9 Å². The number of piperidine rings is 1. The molecule has 1 unspecified atom stereocenters.